The largest absolute Gasteiger partial charge is 0.465 e. The second kappa shape index (κ2) is 5.19. The van der Waals surface area contributed by atoms with Crippen LogP contribution in [0.15, 0.2) is 18.2 Å². The number of carbonyl (C=O) groups excluding carboxylic acids is 2. The number of fused-ring (bicyclic) bond motifs is 1. The van der Waals surface area contributed by atoms with E-state index in [0.29, 0.717) is 17.7 Å². The fourth-order valence-electron chi connectivity index (χ4n) is 1.87. The number of benzene rings is 1. The van der Waals surface area contributed by atoms with E-state index >= 15 is 0 Å². The molecule has 1 heterocycles. The Bertz CT molecular complexity index is 545. The number of anilines is 1. The van der Waals surface area contributed by atoms with Crippen molar-refractivity contribution in [1.82, 2.24) is 0 Å². The molecule has 1 aromatic rings. The van der Waals surface area contributed by atoms with Crippen LogP contribution in [-0.2, 0) is 16.0 Å². The maximum absolute atomic E-state index is 11.9. The van der Waals surface area contributed by atoms with Gasteiger partial charge in [-0.1, -0.05) is 23.2 Å². The number of hydrogen-bond donors (Lipinski definition) is 0. The zero-order valence-electron chi connectivity index (χ0n) is 9.95. The summed E-state index contributed by atoms with van der Waals surface area (Å²) in [6.07, 6.45) is 0.651. The molecule has 7 heteroatoms. The summed E-state index contributed by atoms with van der Waals surface area (Å²) in [5.74, 6) is -1.05. The fourth-order valence-corrected chi connectivity index (χ4v) is 2.63. The minimum absolute atomic E-state index is 0.218. The van der Waals surface area contributed by atoms with E-state index in [1.807, 2.05) is 0 Å². The standard InChI is InChI=1S/C12H10Cl3NO3/c1-19-10(17)8-2-3-9-7(6-8)4-5-12(13,14)11(18)16(9)15/h2-3,6H,4-5H2,1H3. The van der Waals surface area contributed by atoms with Crippen molar-refractivity contribution in [3.8, 4) is 0 Å². The highest BCUT2D eigenvalue weighted by molar-refractivity contribution is 6.62. The van der Waals surface area contributed by atoms with Gasteiger partial charge in [-0.15, -0.1) is 0 Å². The molecular formula is C12H10Cl3NO3. The van der Waals surface area contributed by atoms with Gasteiger partial charge in [-0.3, -0.25) is 4.79 Å². The van der Waals surface area contributed by atoms with Crippen LogP contribution in [0.4, 0.5) is 5.69 Å². The van der Waals surface area contributed by atoms with Gasteiger partial charge < -0.3 is 4.74 Å². The van der Waals surface area contributed by atoms with Crippen molar-refractivity contribution in [2.24, 2.45) is 0 Å². The molecule has 0 N–H and O–H groups in total. The van der Waals surface area contributed by atoms with Crippen LogP contribution in [0, 0.1) is 0 Å². The zero-order chi connectivity index (χ0) is 14.2. The van der Waals surface area contributed by atoms with Crippen molar-refractivity contribution >= 4 is 52.5 Å². The number of carbonyl (C=O) groups is 2. The lowest BCUT2D eigenvalue weighted by Crippen LogP contribution is -2.35. The minimum Gasteiger partial charge on any atom is -0.465 e. The number of amides is 1. The van der Waals surface area contributed by atoms with Gasteiger partial charge in [-0.25, -0.2) is 9.21 Å². The molecular weight excluding hydrogens is 312 g/mol. The Kier molecular flexibility index (Phi) is 3.95. The van der Waals surface area contributed by atoms with Crippen LogP contribution in [0.2, 0.25) is 0 Å². The molecule has 0 unspecified atom stereocenters. The summed E-state index contributed by atoms with van der Waals surface area (Å²) in [5, 5.41) is 0. The first-order valence-electron chi connectivity index (χ1n) is 5.46. The van der Waals surface area contributed by atoms with Gasteiger partial charge >= 0.3 is 5.97 Å². The van der Waals surface area contributed by atoms with Gasteiger partial charge in [-0.2, -0.15) is 0 Å². The number of esters is 1. The minimum atomic E-state index is -1.56. The Balaban J connectivity index is 2.46. The predicted molar refractivity (Wildman–Crippen MR) is 73.9 cm³/mol. The number of hydrogen-bond acceptors (Lipinski definition) is 3. The number of aryl methyl sites for hydroxylation is 1. The molecule has 4 nitrogen and oxygen atoms in total. The highest BCUT2D eigenvalue weighted by Gasteiger charge is 2.40. The maximum atomic E-state index is 11.9. The molecule has 102 valence electrons. The molecule has 0 saturated carbocycles. The summed E-state index contributed by atoms with van der Waals surface area (Å²) >= 11 is 17.8. The van der Waals surface area contributed by atoms with Gasteiger partial charge in [0.25, 0.3) is 5.91 Å². The molecule has 1 aliphatic rings. The fraction of sp³-hybridized carbons (Fsp3) is 0.333. The van der Waals surface area contributed by atoms with Crippen LogP contribution >= 0.6 is 35.0 Å². The first-order chi connectivity index (χ1) is 8.86. The summed E-state index contributed by atoms with van der Waals surface area (Å²) in [6.45, 7) is 0. The predicted octanol–water partition coefficient (Wildman–Crippen LogP) is 3.08. The second-order valence-corrected chi connectivity index (χ2v) is 5.95. The maximum Gasteiger partial charge on any atom is 0.337 e. The van der Waals surface area contributed by atoms with E-state index in [1.54, 1.807) is 12.1 Å². The molecule has 0 aliphatic carbocycles. The number of rotatable bonds is 1. The van der Waals surface area contributed by atoms with Gasteiger partial charge in [0.05, 0.1) is 18.4 Å². The average molecular weight is 323 g/mol. The Morgan fingerprint density at radius 3 is 2.74 bits per heavy atom. The topological polar surface area (TPSA) is 46.6 Å². The Labute approximate surface area is 125 Å². The number of methoxy groups -OCH3 is 1. The molecule has 2 rings (SSSR count). The third-order valence-electron chi connectivity index (χ3n) is 2.91. The van der Waals surface area contributed by atoms with E-state index in [0.717, 1.165) is 9.98 Å². The quantitative estimate of drug-likeness (QED) is 0.453. The van der Waals surface area contributed by atoms with Crippen molar-refractivity contribution in [2.75, 3.05) is 11.5 Å². The van der Waals surface area contributed by atoms with E-state index in [9.17, 15) is 9.59 Å². The third kappa shape index (κ3) is 2.66. The number of ether oxygens (including phenoxy) is 1. The summed E-state index contributed by atoms with van der Waals surface area (Å²) in [5.41, 5.74) is 1.58. The molecule has 19 heavy (non-hydrogen) atoms. The molecule has 0 saturated heterocycles. The van der Waals surface area contributed by atoms with E-state index < -0.39 is 16.2 Å². The average Bonchev–Trinajstić information content (AvgIpc) is 2.49. The molecule has 0 fully saturated rings. The van der Waals surface area contributed by atoms with Crippen LogP contribution in [0.3, 0.4) is 0 Å². The van der Waals surface area contributed by atoms with Crippen LogP contribution in [0.5, 0.6) is 0 Å². The lowest BCUT2D eigenvalue weighted by molar-refractivity contribution is -0.118. The van der Waals surface area contributed by atoms with Gasteiger partial charge in [0, 0.05) is 11.8 Å². The molecule has 0 radical (unpaired) electrons. The van der Waals surface area contributed by atoms with Crippen LogP contribution in [-0.4, -0.2) is 23.3 Å². The molecule has 1 amide bonds. The lowest BCUT2D eigenvalue weighted by Gasteiger charge is -2.19. The number of nitrogens with zero attached hydrogens (tertiary/aromatic N) is 1. The molecule has 0 atom stereocenters. The van der Waals surface area contributed by atoms with E-state index in [4.69, 9.17) is 35.0 Å². The molecule has 0 bridgehead atoms. The van der Waals surface area contributed by atoms with Crippen LogP contribution in [0.25, 0.3) is 0 Å². The smallest absolute Gasteiger partial charge is 0.337 e. The summed E-state index contributed by atoms with van der Waals surface area (Å²) in [7, 11) is 1.30. The summed E-state index contributed by atoms with van der Waals surface area (Å²) in [4.78, 5) is 23.4. The lowest BCUT2D eigenvalue weighted by atomic mass is 10.0. The van der Waals surface area contributed by atoms with Crippen molar-refractivity contribution in [2.45, 2.75) is 17.2 Å². The summed E-state index contributed by atoms with van der Waals surface area (Å²) in [6, 6.07) is 4.73. The number of halogens is 3. The highest BCUT2D eigenvalue weighted by atomic mass is 35.5. The van der Waals surface area contributed by atoms with Gasteiger partial charge in [0.2, 0.25) is 0 Å². The van der Waals surface area contributed by atoms with Gasteiger partial charge in [0.1, 0.15) is 0 Å². The first kappa shape index (κ1) is 14.4. The van der Waals surface area contributed by atoms with E-state index in [2.05, 4.69) is 4.74 Å². The number of alkyl halides is 2. The van der Waals surface area contributed by atoms with Gasteiger partial charge in [0.15, 0.2) is 4.33 Å². The second-order valence-electron chi connectivity index (χ2n) is 4.13. The Morgan fingerprint density at radius 2 is 2.11 bits per heavy atom. The van der Waals surface area contributed by atoms with Crippen LogP contribution in [0.1, 0.15) is 22.3 Å². The third-order valence-corrected chi connectivity index (χ3v) is 3.95. The van der Waals surface area contributed by atoms with E-state index in [1.165, 1.54) is 13.2 Å². The van der Waals surface area contributed by atoms with Crippen molar-refractivity contribution in [3.05, 3.63) is 29.3 Å². The summed E-state index contributed by atoms with van der Waals surface area (Å²) < 4.78 is 3.97. The molecule has 1 aliphatic heterocycles. The SMILES string of the molecule is COC(=O)c1ccc2c(c1)CCC(Cl)(Cl)C(=O)N2Cl. The molecule has 1 aromatic carbocycles. The monoisotopic (exact) mass is 321 g/mol. The van der Waals surface area contributed by atoms with E-state index in [-0.39, 0.29) is 6.42 Å². The zero-order valence-corrected chi connectivity index (χ0v) is 12.2. The highest BCUT2D eigenvalue weighted by Crippen LogP contribution is 2.38. The Morgan fingerprint density at radius 1 is 1.42 bits per heavy atom. The van der Waals surface area contributed by atoms with Crippen molar-refractivity contribution in [1.29, 1.82) is 0 Å². The molecule has 0 spiro atoms. The first-order valence-corrected chi connectivity index (χ1v) is 6.55. The van der Waals surface area contributed by atoms with Gasteiger partial charge in [-0.05, 0) is 36.6 Å². The van der Waals surface area contributed by atoms with Crippen molar-refractivity contribution in [3.63, 3.8) is 0 Å². The van der Waals surface area contributed by atoms with Crippen molar-refractivity contribution < 1.29 is 14.3 Å². The van der Waals surface area contributed by atoms with Crippen LogP contribution < -0.4 is 4.42 Å². The molecule has 0 aromatic heterocycles. The Hall–Kier alpha value is -0.970. The normalized spacial score (nSPS) is 17.7.